The maximum atomic E-state index is 12.0. The van der Waals surface area contributed by atoms with Gasteiger partial charge in [0.1, 0.15) is 17.4 Å². The highest BCUT2D eigenvalue weighted by Gasteiger charge is 2.10. The summed E-state index contributed by atoms with van der Waals surface area (Å²) in [6, 6.07) is 8.89. The van der Waals surface area contributed by atoms with Gasteiger partial charge >= 0.3 is 0 Å². The zero-order chi connectivity index (χ0) is 16.9. The first-order chi connectivity index (χ1) is 11.6. The molecule has 0 fully saturated rings. The topological polar surface area (TPSA) is 69.0 Å². The van der Waals surface area contributed by atoms with Crippen LogP contribution >= 0.6 is 22.9 Å². The molecule has 0 bridgehead atoms. The number of thiazole rings is 1. The Bertz CT molecular complexity index is 829. The molecular formula is C16H15ClN4O2S. The number of nitrogens with zero attached hydrogens (tertiary/aromatic N) is 3. The minimum Gasteiger partial charge on any atom is -0.486 e. The Kier molecular flexibility index (Phi) is 5.12. The van der Waals surface area contributed by atoms with Crippen LogP contribution in [0.15, 0.2) is 41.9 Å². The Morgan fingerprint density at radius 1 is 1.33 bits per heavy atom. The highest BCUT2D eigenvalue weighted by molar-refractivity contribution is 7.09. The van der Waals surface area contributed by atoms with Crippen molar-refractivity contribution in [3.05, 3.63) is 57.6 Å². The fourth-order valence-corrected chi connectivity index (χ4v) is 2.84. The summed E-state index contributed by atoms with van der Waals surface area (Å²) in [6.45, 7) is 0.355. The number of nitrogens with one attached hydrogen (secondary N) is 1. The molecule has 24 heavy (non-hydrogen) atoms. The van der Waals surface area contributed by atoms with Crippen molar-refractivity contribution in [2.45, 2.75) is 13.0 Å². The Labute approximate surface area is 148 Å². The molecule has 0 atom stereocenters. The van der Waals surface area contributed by atoms with Crippen molar-refractivity contribution in [3.63, 3.8) is 0 Å². The second kappa shape index (κ2) is 7.46. The summed E-state index contributed by atoms with van der Waals surface area (Å²) < 4.78 is 7.27. The SMILES string of the molecule is Cn1ccc(NC(=O)Cc2csc(COc3ccc(Cl)cc3)n2)n1. The molecule has 3 aromatic rings. The molecule has 3 rings (SSSR count). The van der Waals surface area contributed by atoms with Gasteiger partial charge in [-0.2, -0.15) is 5.10 Å². The lowest BCUT2D eigenvalue weighted by Gasteiger charge is -2.03. The van der Waals surface area contributed by atoms with Gasteiger partial charge in [0, 0.05) is 29.7 Å². The van der Waals surface area contributed by atoms with E-state index in [2.05, 4.69) is 15.4 Å². The number of carbonyl (C=O) groups excluding carboxylic acids is 1. The average molecular weight is 363 g/mol. The molecule has 1 N–H and O–H groups in total. The van der Waals surface area contributed by atoms with E-state index in [1.807, 2.05) is 5.38 Å². The molecule has 0 spiro atoms. The van der Waals surface area contributed by atoms with Gasteiger partial charge in [0.05, 0.1) is 12.1 Å². The number of ether oxygens (including phenoxy) is 1. The molecule has 1 aromatic carbocycles. The zero-order valence-electron chi connectivity index (χ0n) is 12.9. The lowest BCUT2D eigenvalue weighted by atomic mass is 10.3. The van der Waals surface area contributed by atoms with Crippen molar-refractivity contribution in [2.75, 3.05) is 5.32 Å². The van der Waals surface area contributed by atoms with Crippen LogP contribution in [0.5, 0.6) is 5.75 Å². The van der Waals surface area contributed by atoms with Crippen molar-refractivity contribution >= 4 is 34.7 Å². The van der Waals surface area contributed by atoms with Crippen molar-refractivity contribution in [2.24, 2.45) is 7.05 Å². The summed E-state index contributed by atoms with van der Waals surface area (Å²) in [7, 11) is 1.79. The molecule has 0 radical (unpaired) electrons. The number of aromatic nitrogens is 3. The fraction of sp³-hybridized carbons (Fsp3) is 0.188. The minimum atomic E-state index is -0.149. The second-order valence-electron chi connectivity index (χ2n) is 5.07. The van der Waals surface area contributed by atoms with E-state index in [1.54, 1.807) is 48.3 Å². The lowest BCUT2D eigenvalue weighted by Crippen LogP contribution is -2.15. The highest BCUT2D eigenvalue weighted by atomic mass is 35.5. The number of halogens is 1. The summed E-state index contributed by atoms with van der Waals surface area (Å²) in [6.07, 6.45) is 1.97. The number of anilines is 1. The normalized spacial score (nSPS) is 10.6. The van der Waals surface area contributed by atoms with Crippen LogP contribution < -0.4 is 10.1 Å². The van der Waals surface area contributed by atoms with E-state index in [9.17, 15) is 4.79 Å². The predicted molar refractivity (Wildman–Crippen MR) is 93.4 cm³/mol. The molecule has 6 nitrogen and oxygen atoms in total. The van der Waals surface area contributed by atoms with Crippen LogP contribution in [0.3, 0.4) is 0 Å². The van der Waals surface area contributed by atoms with Gasteiger partial charge in [-0.05, 0) is 24.3 Å². The van der Waals surface area contributed by atoms with Gasteiger partial charge in [-0.15, -0.1) is 11.3 Å². The summed E-state index contributed by atoms with van der Waals surface area (Å²) in [5, 5.41) is 10.2. The quantitative estimate of drug-likeness (QED) is 0.730. The summed E-state index contributed by atoms with van der Waals surface area (Å²) in [4.78, 5) is 16.4. The molecule has 124 valence electrons. The maximum Gasteiger partial charge on any atom is 0.231 e. The Morgan fingerprint density at radius 2 is 2.12 bits per heavy atom. The number of hydrogen-bond acceptors (Lipinski definition) is 5. The van der Waals surface area contributed by atoms with Crippen LogP contribution in [0.25, 0.3) is 0 Å². The molecule has 0 aliphatic carbocycles. The number of amides is 1. The number of rotatable bonds is 6. The predicted octanol–water partition coefficient (Wildman–Crippen LogP) is 3.29. The molecule has 0 saturated heterocycles. The number of aryl methyl sites for hydroxylation is 1. The first kappa shape index (κ1) is 16.5. The van der Waals surface area contributed by atoms with E-state index in [-0.39, 0.29) is 12.3 Å². The molecule has 0 aliphatic rings. The third-order valence-corrected chi connectivity index (χ3v) is 4.22. The maximum absolute atomic E-state index is 12.0. The monoisotopic (exact) mass is 362 g/mol. The van der Waals surface area contributed by atoms with Crippen molar-refractivity contribution in [3.8, 4) is 5.75 Å². The van der Waals surface area contributed by atoms with Gasteiger partial charge in [-0.25, -0.2) is 4.98 Å². The molecule has 0 saturated carbocycles. The summed E-state index contributed by atoms with van der Waals surface area (Å²) in [5.41, 5.74) is 0.711. The minimum absolute atomic E-state index is 0.149. The number of hydrogen-bond donors (Lipinski definition) is 1. The molecule has 2 aromatic heterocycles. The molecule has 1 amide bonds. The molecule has 0 unspecified atom stereocenters. The van der Waals surface area contributed by atoms with Crippen LogP contribution in [0.4, 0.5) is 5.82 Å². The van der Waals surface area contributed by atoms with Crippen LogP contribution in [0.2, 0.25) is 5.02 Å². The summed E-state index contributed by atoms with van der Waals surface area (Å²) >= 11 is 7.29. The van der Waals surface area contributed by atoms with E-state index in [0.717, 1.165) is 10.8 Å². The smallest absolute Gasteiger partial charge is 0.231 e. The second-order valence-corrected chi connectivity index (χ2v) is 6.45. The van der Waals surface area contributed by atoms with Gasteiger partial charge in [0.2, 0.25) is 5.91 Å². The third-order valence-electron chi connectivity index (χ3n) is 3.10. The van der Waals surface area contributed by atoms with E-state index in [0.29, 0.717) is 23.1 Å². The average Bonchev–Trinajstić information content (AvgIpc) is 3.16. The van der Waals surface area contributed by atoms with Crippen molar-refractivity contribution < 1.29 is 9.53 Å². The Balaban J connectivity index is 1.51. The van der Waals surface area contributed by atoms with Crippen molar-refractivity contribution in [1.82, 2.24) is 14.8 Å². The van der Waals surface area contributed by atoms with Gasteiger partial charge in [-0.3, -0.25) is 9.48 Å². The Hall–Kier alpha value is -2.38. The zero-order valence-corrected chi connectivity index (χ0v) is 14.5. The first-order valence-corrected chi connectivity index (χ1v) is 8.45. The Morgan fingerprint density at radius 3 is 2.83 bits per heavy atom. The van der Waals surface area contributed by atoms with Gasteiger partial charge < -0.3 is 10.1 Å². The number of benzene rings is 1. The van der Waals surface area contributed by atoms with E-state index in [1.165, 1.54) is 11.3 Å². The van der Waals surface area contributed by atoms with Gasteiger partial charge in [0.15, 0.2) is 5.82 Å². The molecular weight excluding hydrogens is 348 g/mol. The molecule has 0 aliphatic heterocycles. The number of carbonyl (C=O) groups is 1. The largest absolute Gasteiger partial charge is 0.486 e. The van der Waals surface area contributed by atoms with Gasteiger partial charge in [0.25, 0.3) is 0 Å². The van der Waals surface area contributed by atoms with E-state index >= 15 is 0 Å². The van der Waals surface area contributed by atoms with Crippen LogP contribution in [-0.4, -0.2) is 20.7 Å². The third kappa shape index (κ3) is 4.56. The lowest BCUT2D eigenvalue weighted by molar-refractivity contribution is -0.115. The standard InChI is InChI=1S/C16H15ClN4O2S/c1-21-7-6-14(20-21)19-15(22)8-12-10-24-16(18-12)9-23-13-4-2-11(17)3-5-13/h2-7,10H,8-9H2,1H3,(H,19,20,22). The van der Waals surface area contributed by atoms with E-state index < -0.39 is 0 Å². The molecule has 2 heterocycles. The van der Waals surface area contributed by atoms with Crippen molar-refractivity contribution in [1.29, 1.82) is 0 Å². The van der Waals surface area contributed by atoms with Crippen LogP contribution in [0, 0.1) is 0 Å². The van der Waals surface area contributed by atoms with Crippen LogP contribution in [-0.2, 0) is 24.9 Å². The molecule has 8 heteroatoms. The first-order valence-electron chi connectivity index (χ1n) is 7.19. The van der Waals surface area contributed by atoms with E-state index in [4.69, 9.17) is 16.3 Å². The highest BCUT2D eigenvalue weighted by Crippen LogP contribution is 2.18. The summed E-state index contributed by atoms with van der Waals surface area (Å²) in [5.74, 6) is 1.11. The van der Waals surface area contributed by atoms with Gasteiger partial charge in [-0.1, -0.05) is 11.6 Å². The van der Waals surface area contributed by atoms with Crippen LogP contribution in [0.1, 0.15) is 10.7 Å². The fourth-order valence-electron chi connectivity index (χ4n) is 2.01.